The molecule has 0 amide bonds. The van der Waals surface area contributed by atoms with E-state index in [1.807, 2.05) is 0 Å². The molecule has 18 heavy (non-hydrogen) atoms. The molecule has 1 aromatic heterocycles. The van der Waals surface area contributed by atoms with Crippen molar-refractivity contribution < 1.29 is 4.39 Å². The van der Waals surface area contributed by atoms with Gasteiger partial charge in [-0.05, 0) is 40.5 Å². The first-order valence-corrected chi connectivity index (χ1v) is 6.04. The van der Waals surface area contributed by atoms with E-state index in [2.05, 4.69) is 20.9 Å². The van der Waals surface area contributed by atoms with E-state index in [1.165, 1.54) is 22.9 Å². The molecule has 0 aliphatic rings. The number of halogens is 2. The summed E-state index contributed by atoms with van der Waals surface area (Å²) in [7, 11) is 0. The number of rotatable bonds is 2. The van der Waals surface area contributed by atoms with Gasteiger partial charge in [0.1, 0.15) is 16.1 Å². The fourth-order valence-corrected chi connectivity index (χ4v) is 1.93. The van der Waals surface area contributed by atoms with Crippen molar-refractivity contribution in [3.63, 3.8) is 0 Å². The van der Waals surface area contributed by atoms with Crippen LogP contribution in [0.4, 0.5) is 10.1 Å². The van der Waals surface area contributed by atoms with Crippen LogP contribution in [-0.4, -0.2) is 9.55 Å². The van der Waals surface area contributed by atoms with Gasteiger partial charge < -0.3 is 5.73 Å². The summed E-state index contributed by atoms with van der Waals surface area (Å²) in [5, 5.41) is 0. The summed E-state index contributed by atoms with van der Waals surface area (Å²) < 4.78 is 14.8. The molecule has 1 aromatic carbocycles. The van der Waals surface area contributed by atoms with E-state index in [1.54, 1.807) is 13.0 Å². The Bertz CT molecular complexity index is 654. The highest BCUT2D eigenvalue weighted by Crippen LogP contribution is 2.15. The first kappa shape index (κ1) is 12.8. The highest BCUT2D eigenvalue weighted by molar-refractivity contribution is 9.10. The van der Waals surface area contributed by atoms with Crippen LogP contribution in [0.2, 0.25) is 0 Å². The zero-order chi connectivity index (χ0) is 13.3. The zero-order valence-corrected chi connectivity index (χ0v) is 11.2. The van der Waals surface area contributed by atoms with Crippen LogP contribution in [0.15, 0.2) is 33.7 Å². The van der Waals surface area contributed by atoms with Crippen molar-refractivity contribution in [3.8, 4) is 0 Å². The van der Waals surface area contributed by atoms with Crippen molar-refractivity contribution in [3.05, 3.63) is 56.4 Å². The van der Waals surface area contributed by atoms with E-state index in [0.29, 0.717) is 21.5 Å². The lowest BCUT2D eigenvalue weighted by Gasteiger charge is -2.11. The molecule has 0 aliphatic carbocycles. The third-order valence-corrected chi connectivity index (χ3v) is 3.19. The molecule has 0 radical (unpaired) electrons. The van der Waals surface area contributed by atoms with Crippen LogP contribution in [0, 0.1) is 12.7 Å². The molecule has 94 valence electrons. The van der Waals surface area contributed by atoms with Gasteiger partial charge in [0.25, 0.3) is 5.56 Å². The highest BCUT2D eigenvalue weighted by atomic mass is 79.9. The number of hydrogen-bond acceptors (Lipinski definition) is 3. The molecule has 0 fully saturated rings. The molecule has 0 atom stereocenters. The van der Waals surface area contributed by atoms with Crippen molar-refractivity contribution >= 4 is 21.6 Å². The van der Waals surface area contributed by atoms with Gasteiger partial charge in [0, 0.05) is 11.9 Å². The number of aryl methyl sites for hydroxylation is 1. The Labute approximate surface area is 111 Å². The monoisotopic (exact) mass is 311 g/mol. The van der Waals surface area contributed by atoms with Crippen molar-refractivity contribution in [2.75, 3.05) is 5.73 Å². The van der Waals surface area contributed by atoms with Gasteiger partial charge in [-0.3, -0.25) is 9.36 Å². The Morgan fingerprint density at radius 3 is 2.89 bits per heavy atom. The molecule has 0 saturated carbocycles. The molecule has 0 bridgehead atoms. The molecule has 2 aromatic rings. The number of hydrogen-bond donors (Lipinski definition) is 1. The molecule has 6 heteroatoms. The minimum absolute atomic E-state index is 0.189. The van der Waals surface area contributed by atoms with Crippen LogP contribution in [-0.2, 0) is 6.54 Å². The smallest absolute Gasteiger partial charge is 0.268 e. The van der Waals surface area contributed by atoms with Gasteiger partial charge in [0.15, 0.2) is 0 Å². The number of benzene rings is 1. The predicted molar refractivity (Wildman–Crippen MR) is 70.8 cm³/mol. The van der Waals surface area contributed by atoms with E-state index in [-0.39, 0.29) is 12.1 Å². The summed E-state index contributed by atoms with van der Waals surface area (Å²) in [6.07, 6.45) is 1.46. The summed E-state index contributed by atoms with van der Waals surface area (Å²) in [5.74, 6) is 0.180. The molecule has 4 nitrogen and oxygen atoms in total. The Morgan fingerprint density at radius 2 is 2.22 bits per heavy atom. The van der Waals surface area contributed by atoms with Crippen LogP contribution >= 0.6 is 15.9 Å². The average molecular weight is 312 g/mol. The molecular weight excluding hydrogens is 301 g/mol. The van der Waals surface area contributed by atoms with Crippen molar-refractivity contribution in [2.24, 2.45) is 0 Å². The molecule has 0 spiro atoms. The standard InChI is InChI=1S/C12H11BrFN3O/c1-7-16-5-10(13)12(18)17(7)6-8-2-3-9(14)4-11(8)15/h2-5H,6,15H2,1H3. The molecule has 0 unspecified atom stereocenters. The van der Waals surface area contributed by atoms with Gasteiger partial charge in [-0.1, -0.05) is 6.07 Å². The highest BCUT2D eigenvalue weighted by Gasteiger charge is 2.08. The zero-order valence-electron chi connectivity index (χ0n) is 9.65. The second-order valence-electron chi connectivity index (χ2n) is 3.89. The lowest BCUT2D eigenvalue weighted by molar-refractivity contribution is 0.626. The van der Waals surface area contributed by atoms with Gasteiger partial charge in [0.2, 0.25) is 0 Å². The fourth-order valence-electron chi connectivity index (χ4n) is 1.62. The topological polar surface area (TPSA) is 60.9 Å². The van der Waals surface area contributed by atoms with Crippen molar-refractivity contribution in [1.82, 2.24) is 9.55 Å². The third-order valence-electron chi connectivity index (χ3n) is 2.64. The number of anilines is 1. The second kappa shape index (κ2) is 4.89. The molecule has 1 heterocycles. The number of nitrogens with zero attached hydrogens (tertiary/aromatic N) is 2. The Kier molecular flexibility index (Phi) is 3.47. The normalized spacial score (nSPS) is 10.6. The molecule has 0 aliphatic heterocycles. The Morgan fingerprint density at radius 1 is 1.50 bits per heavy atom. The summed E-state index contributed by atoms with van der Waals surface area (Å²) in [6, 6.07) is 4.12. The van der Waals surface area contributed by atoms with E-state index in [4.69, 9.17) is 5.73 Å². The largest absolute Gasteiger partial charge is 0.398 e. The average Bonchev–Trinajstić information content (AvgIpc) is 2.32. The van der Waals surface area contributed by atoms with Crippen LogP contribution < -0.4 is 11.3 Å². The number of nitrogens with two attached hydrogens (primary N) is 1. The van der Waals surface area contributed by atoms with Crippen LogP contribution in [0.5, 0.6) is 0 Å². The minimum Gasteiger partial charge on any atom is -0.398 e. The lowest BCUT2D eigenvalue weighted by atomic mass is 10.1. The van der Waals surface area contributed by atoms with Gasteiger partial charge in [-0.2, -0.15) is 0 Å². The van der Waals surface area contributed by atoms with E-state index < -0.39 is 5.82 Å². The van der Waals surface area contributed by atoms with Crippen LogP contribution in [0.1, 0.15) is 11.4 Å². The SMILES string of the molecule is Cc1ncc(Br)c(=O)n1Cc1ccc(F)cc1N. The quantitative estimate of drug-likeness (QED) is 0.864. The molecule has 2 rings (SSSR count). The van der Waals surface area contributed by atoms with E-state index >= 15 is 0 Å². The Hall–Kier alpha value is -1.69. The second-order valence-corrected chi connectivity index (χ2v) is 4.74. The summed E-state index contributed by atoms with van der Waals surface area (Å²) in [5.41, 5.74) is 6.53. The van der Waals surface area contributed by atoms with E-state index in [0.717, 1.165) is 0 Å². The number of aromatic nitrogens is 2. The maximum absolute atomic E-state index is 12.9. The van der Waals surface area contributed by atoms with Crippen molar-refractivity contribution in [2.45, 2.75) is 13.5 Å². The fraction of sp³-hybridized carbons (Fsp3) is 0.167. The molecular formula is C12H11BrFN3O. The predicted octanol–water partition coefficient (Wildman–Crippen LogP) is 2.08. The van der Waals surface area contributed by atoms with Gasteiger partial charge >= 0.3 is 0 Å². The number of nitrogen functional groups attached to an aromatic ring is 1. The maximum Gasteiger partial charge on any atom is 0.268 e. The summed E-state index contributed by atoms with van der Waals surface area (Å²) in [6.45, 7) is 2.00. The van der Waals surface area contributed by atoms with Crippen LogP contribution in [0.3, 0.4) is 0 Å². The summed E-state index contributed by atoms with van der Waals surface area (Å²) in [4.78, 5) is 16.0. The minimum atomic E-state index is -0.396. The Balaban J connectivity index is 2.46. The first-order valence-electron chi connectivity index (χ1n) is 5.25. The van der Waals surface area contributed by atoms with Gasteiger partial charge in [-0.15, -0.1) is 0 Å². The van der Waals surface area contributed by atoms with Crippen LogP contribution in [0.25, 0.3) is 0 Å². The van der Waals surface area contributed by atoms with Crippen molar-refractivity contribution in [1.29, 1.82) is 0 Å². The molecule has 2 N–H and O–H groups in total. The third kappa shape index (κ3) is 2.43. The first-order chi connectivity index (χ1) is 8.49. The van der Waals surface area contributed by atoms with Gasteiger partial charge in [-0.25, -0.2) is 9.37 Å². The summed E-state index contributed by atoms with van der Waals surface area (Å²) >= 11 is 3.14. The van der Waals surface area contributed by atoms with Gasteiger partial charge in [0.05, 0.1) is 6.54 Å². The van der Waals surface area contributed by atoms with E-state index in [9.17, 15) is 9.18 Å². The molecule has 0 saturated heterocycles. The maximum atomic E-state index is 12.9. The lowest BCUT2D eigenvalue weighted by Crippen LogP contribution is -2.24.